The Morgan fingerprint density at radius 3 is 2.73 bits per heavy atom. The third-order valence-corrected chi connectivity index (χ3v) is 6.74. The molecular formula is C24H24ClNO3S. The van der Waals surface area contributed by atoms with E-state index in [0.29, 0.717) is 13.2 Å². The molecule has 4 rings (SSSR count). The van der Waals surface area contributed by atoms with Gasteiger partial charge in [0.05, 0.1) is 16.3 Å². The lowest BCUT2D eigenvalue weighted by Crippen LogP contribution is -2.41. The fraction of sp³-hybridized carbons (Fsp3) is 0.292. The lowest BCUT2D eigenvalue weighted by atomic mass is 9.94. The summed E-state index contributed by atoms with van der Waals surface area (Å²) in [6.07, 6.45) is 1.60. The maximum Gasteiger partial charge on any atom is 0.307 e. The van der Waals surface area contributed by atoms with Gasteiger partial charge < -0.3 is 9.84 Å². The second-order valence-electron chi connectivity index (χ2n) is 7.56. The maximum absolute atomic E-state index is 11.6. The molecule has 1 aromatic heterocycles. The predicted octanol–water partition coefficient (Wildman–Crippen LogP) is 5.87. The third kappa shape index (κ3) is 5.04. The Bertz CT molecular complexity index is 991. The van der Waals surface area contributed by atoms with Crippen molar-refractivity contribution in [3.05, 3.63) is 87.1 Å². The number of halogens is 1. The van der Waals surface area contributed by atoms with E-state index in [1.54, 1.807) is 11.3 Å². The van der Waals surface area contributed by atoms with Crippen LogP contribution in [0, 0.1) is 5.92 Å². The highest BCUT2D eigenvalue weighted by Crippen LogP contribution is 2.38. The minimum absolute atomic E-state index is 0.0371. The van der Waals surface area contributed by atoms with Crippen LogP contribution in [0.25, 0.3) is 0 Å². The predicted molar refractivity (Wildman–Crippen MR) is 120 cm³/mol. The van der Waals surface area contributed by atoms with Crippen LogP contribution in [0.3, 0.4) is 0 Å². The van der Waals surface area contributed by atoms with Crippen LogP contribution >= 0.6 is 22.9 Å². The Balaban J connectivity index is 1.60. The summed E-state index contributed by atoms with van der Waals surface area (Å²) in [4.78, 5) is 15.0. The number of nitrogens with zero attached hydrogens (tertiary/aromatic N) is 1. The number of ether oxygens (including phenoxy) is 1. The lowest BCUT2D eigenvalue weighted by Gasteiger charge is -2.37. The number of thiophene rings is 1. The first kappa shape index (κ1) is 20.9. The summed E-state index contributed by atoms with van der Waals surface area (Å²) in [6.45, 7) is 1.90. The number of carbonyl (C=O) groups is 1. The van der Waals surface area contributed by atoms with E-state index in [2.05, 4.69) is 17.0 Å². The van der Waals surface area contributed by atoms with E-state index < -0.39 is 5.97 Å². The number of rotatable bonds is 7. The average molecular weight is 442 g/mol. The van der Waals surface area contributed by atoms with Crippen LogP contribution in [0.1, 0.15) is 34.9 Å². The topological polar surface area (TPSA) is 49.8 Å². The molecule has 2 heterocycles. The van der Waals surface area contributed by atoms with Gasteiger partial charge in [0.2, 0.25) is 0 Å². The molecule has 0 amide bonds. The van der Waals surface area contributed by atoms with Gasteiger partial charge in [-0.05, 0) is 54.8 Å². The summed E-state index contributed by atoms with van der Waals surface area (Å²) in [7, 11) is 0. The number of piperidine rings is 1. The fourth-order valence-electron chi connectivity index (χ4n) is 3.99. The highest BCUT2D eigenvalue weighted by Gasteiger charge is 2.32. The quantitative estimate of drug-likeness (QED) is 0.498. The molecule has 0 aliphatic carbocycles. The second-order valence-corrected chi connectivity index (χ2v) is 9.31. The number of hydrogen-bond donors (Lipinski definition) is 1. The molecule has 0 bridgehead atoms. The van der Waals surface area contributed by atoms with Crippen molar-refractivity contribution in [2.24, 2.45) is 5.92 Å². The van der Waals surface area contributed by atoms with Crippen molar-refractivity contribution in [1.82, 2.24) is 4.90 Å². The van der Waals surface area contributed by atoms with Crippen molar-refractivity contribution in [2.75, 3.05) is 13.1 Å². The number of aliphatic carboxylic acids is 1. The van der Waals surface area contributed by atoms with Gasteiger partial charge in [-0.1, -0.05) is 54.1 Å². The van der Waals surface area contributed by atoms with Crippen molar-refractivity contribution >= 4 is 28.9 Å². The lowest BCUT2D eigenvalue weighted by molar-refractivity contribution is -0.143. The van der Waals surface area contributed by atoms with Crippen LogP contribution in [-0.2, 0) is 11.4 Å². The summed E-state index contributed by atoms with van der Waals surface area (Å²) < 4.78 is 6.77. The zero-order valence-electron chi connectivity index (χ0n) is 16.5. The maximum atomic E-state index is 11.6. The zero-order valence-corrected chi connectivity index (χ0v) is 18.1. The molecule has 1 N–H and O–H groups in total. The standard InChI is InChI=1S/C24H24ClNO3S/c25-22-12-11-21(30-22)23(26-13-5-9-19(15-26)24(27)28)18-8-4-10-20(14-18)29-16-17-6-2-1-3-7-17/h1-4,6-8,10-12,14,19,23H,5,9,13,15-16H2,(H,27,28). The molecule has 0 radical (unpaired) electrons. The van der Waals surface area contributed by atoms with E-state index >= 15 is 0 Å². The van der Waals surface area contributed by atoms with Crippen molar-refractivity contribution in [3.63, 3.8) is 0 Å². The molecule has 1 saturated heterocycles. The van der Waals surface area contributed by atoms with Crippen LogP contribution < -0.4 is 4.74 Å². The van der Waals surface area contributed by atoms with Gasteiger partial charge in [0.1, 0.15) is 12.4 Å². The Hall–Kier alpha value is -2.34. The third-order valence-electron chi connectivity index (χ3n) is 5.45. The van der Waals surface area contributed by atoms with E-state index in [-0.39, 0.29) is 12.0 Å². The van der Waals surface area contributed by atoms with Crippen molar-refractivity contribution < 1.29 is 14.6 Å². The molecule has 0 spiro atoms. The van der Waals surface area contributed by atoms with Crippen molar-refractivity contribution in [3.8, 4) is 5.75 Å². The molecule has 156 valence electrons. The van der Waals surface area contributed by atoms with Gasteiger partial charge in [-0.15, -0.1) is 11.3 Å². The smallest absolute Gasteiger partial charge is 0.307 e. The van der Waals surface area contributed by atoms with Gasteiger partial charge in [0, 0.05) is 11.4 Å². The van der Waals surface area contributed by atoms with Crippen LogP contribution in [0.5, 0.6) is 5.75 Å². The van der Waals surface area contributed by atoms with E-state index in [1.165, 1.54) is 0 Å². The van der Waals surface area contributed by atoms with Gasteiger partial charge in [-0.3, -0.25) is 9.69 Å². The van der Waals surface area contributed by atoms with E-state index in [1.807, 2.05) is 54.6 Å². The average Bonchev–Trinajstić information content (AvgIpc) is 3.19. The molecule has 1 aliphatic heterocycles. The van der Waals surface area contributed by atoms with Crippen molar-refractivity contribution in [2.45, 2.75) is 25.5 Å². The normalized spacial score (nSPS) is 18.1. The number of carboxylic acids is 1. The SMILES string of the molecule is O=C(O)C1CCCN(C(c2cccc(OCc3ccccc3)c2)c2ccc(Cl)s2)C1. The summed E-state index contributed by atoms with van der Waals surface area (Å²) >= 11 is 7.79. The molecule has 2 atom stereocenters. The summed E-state index contributed by atoms with van der Waals surface area (Å²) in [5, 5.41) is 9.54. The molecule has 3 aromatic rings. The van der Waals surface area contributed by atoms with E-state index in [9.17, 15) is 9.90 Å². The van der Waals surface area contributed by atoms with Gasteiger partial charge in [0.25, 0.3) is 0 Å². The molecule has 0 saturated carbocycles. The number of benzene rings is 2. The zero-order chi connectivity index (χ0) is 20.9. The highest BCUT2D eigenvalue weighted by atomic mass is 35.5. The molecule has 2 unspecified atom stereocenters. The van der Waals surface area contributed by atoms with Crippen LogP contribution in [0.2, 0.25) is 4.34 Å². The van der Waals surface area contributed by atoms with Gasteiger partial charge in [-0.2, -0.15) is 0 Å². The summed E-state index contributed by atoms with van der Waals surface area (Å²) in [5.41, 5.74) is 2.20. The molecule has 30 heavy (non-hydrogen) atoms. The minimum Gasteiger partial charge on any atom is -0.489 e. The van der Waals surface area contributed by atoms with E-state index in [4.69, 9.17) is 16.3 Å². The van der Waals surface area contributed by atoms with Crippen LogP contribution in [-0.4, -0.2) is 29.1 Å². The number of likely N-dealkylation sites (tertiary alicyclic amines) is 1. The van der Waals surface area contributed by atoms with Gasteiger partial charge in [0.15, 0.2) is 0 Å². The Kier molecular flexibility index (Phi) is 6.72. The summed E-state index contributed by atoms with van der Waals surface area (Å²) in [5.74, 6) is -0.257. The first-order chi connectivity index (χ1) is 14.6. The van der Waals surface area contributed by atoms with Crippen LogP contribution in [0.4, 0.5) is 0 Å². The highest BCUT2D eigenvalue weighted by molar-refractivity contribution is 7.16. The number of hydrogen-bond acceptors (Lipinski definition) is 4. The molecule has 4 nitrogen and oxygen atoms in total. The Labute approximate surface area is 185 Å². The monoisotopic (exact) mass is 441 g/mol. The molecule has 1 aliphatic rings. The first-order valence-corrected chi connectivity index (χ1v) is 11.3. The first-order valence-electron chi connectivity index (χ1n) is 10.1. The Morgan fingerprint density at radius 1 is 1.17 bits per heavy atom. The number of carboxylic acid groups (broad SMARTS) is 1. The minimum atomic E-state index is -0.720. The molecule has 1 fully saturated rings. The fourth-order valence-corrected chi connectivity index (χ4v) is 5.21. The molecule has 6 heteroatoms. The molecule has 2 aromatic carbocycles. The van der Waals surface area contributed by atoms with E-state index in [0.717, 1.165) is 45.5 Å². The van der Waals surface area contributed by atoms with Gasteiger partial charge >= 0.3 is 5.97 Å². The van der Waals surface area contributed by atoms with Crippen LogP contribution in [0.15, 0.2) is 66.7 Å². The summed E-state index contributed by atoms with van der Waals surface area (Å²) in [6, 6.07) is 22.1. The molecular weight excluding hydrogens is 418 g/mol. The second kappa shape index (κ2) is 9.65. The van der Waals surface area contributed by atoms with Gasteiger partial charge in [-0.25, -0.2) is 0 Å². The largest absolute Gasteiger partial charge is 0.489 e. The van der Waals surface area contributed by atoms with Crippen molar-refractivity contribution in [1.29, 1.82) is 0 Å². The Morgan fingerprint density at radius 2 is 2.00 bits per heavy atom.